The summed E-state index contributed by atoms with van der Waals surface area (Å²) in [5.41, 5.74) is 0. The van der Waals surface area contributed by atoms with Gasteiger partial charge in [0.25, 0.3) is 0 Å². The van der Waals surface area contributed by atoms with E-state index < -0.39 is 13.7 Å². The van der Waals surface area contributed by atoms with E-state index in [0.29, 0.717) is 31.0 Å². The van der Waals surface area contributed by atoms with E-state index in [9.17, 15) is 9.36 Å². The minimum Gasteiger partial charge on any atom is -0.462 e. The van der Waals surface area contributed by atoms with E-state index in [1.165, 1.54) is 70.6 Å². The van der Waals surface area contributed by atoms with E-state index in [1.807, 2.05) is 25.6 Å². The van der Waals surface area contributed by atoms with E-state index in [-0.39, 0.29) is 5.97 Å². The monoisotopic (exact) mass is 534 g/mol. The highest BCUT2D eigenvalue weighted by Gasteiger charge is 2.22. The molecule has 35 heavy (non-hydrogen) atoms. The predicted octanol–water partition coefficient (Wildman–Crippen LogP) is 9.20. The molecular weight excluding hydrogens is 479 g/mol. The van der Waals surface area contributed by atoms with Gasteiger partial charge in [-0.05, 0) is 59.1 Å². The van der Waals surface area contributed by atoms with Crippen LogP contribution in [0, 0.1) is 13.8 Å². The average molecular weight is 535 g/mol. The second-order valence-corrected chi connectivity index (χ2v) is 12.9. The lowest BCUT2D eigenvalue weighted by atomic mass is 10.0. The van der Waals surface area contributed by atoms with Crippen LogP contribution in [-0.4, -0.2) is 42.5 Å². The first-order valence-corrected chi connectivity index (χ1v) is 17.0. The Hall–Kier alpha value is -0.0300. The van der Waals surface area contributed by atoms with Gasteiger partial charge >= 0.3 is 13.6 Å². The molecule has 0 aromatic rings. The number of carbonyl (C=O) groups is 1. The van der Waals surface area contributed by atoms with E-state index >= 15 is 0 Å². The summed E-state index contributed by atoms with van der Waals surface area (Å²) >= 11 is 2.04. The maximum absolute atomic E-state index is 12.7. The molecule has 0 spiro atoms. The Kier molecular flexibility index (Phi) is 24.3. The lowest BCUT2D eigenvalue weighted by Gasteiger charge is -2.19. The summed E-state index contributed by atoms with van der Waals surface area (Å²) in [7, 11) is -2.92. The molecule has 0 rings (SSSR count). The molecule has 208 valence electrons. The van der Waals surface area contributed by atoms with Crippen molar-refractivity contribution in [3.63, 3.8) is 0 Å². The smallest absolute Gasteiger partial charge is 0.330 e. The second-order valence-electron chi connectivity index (χ2n) is 9.34. The minimum atomic E-state index is -2.92. The van der Waals surface area contributed by atoms with Crippen LogP contribution in [0.15, 0.2) is 0 Å². The van der Waals surface area contributed by atoms with Crippen molar-refractivity contribution < 1.29 is 23.1 Å². The van der Waals surface area contributed by atoms with Gasteiger partial charge in [-0.1, -0.05) is 77.6 Å². The summed E-state index contributed by atoms with van der Waals surface area (Å²) in [5.74, 6) is 0.817. The molecular formula is C28H55O5PS. The Labute approximate surface area is 222 Å². The number of thioether (sulfide) groups is 1. The van der Waals surface area contributed by atoms with E-state index in [1.54, 1.807) is 0 Å². The summed E-state index contributed by atoms with van der Waals surface area (Å²) < 4.78 is 28.5. The lowest BCUT2D eigenvalue weighted by Crippen LogP contribution is -2.11. The molecule has 2 radical (unpaired) electrons. The highest BCUT2D eigenvalue weighted by molar-refractivity contribution is 7.99. The SMILES string of the molecule is [CH2]C([CH2])OC(=O)CCCCCCCC(CCCCCCCCC)SCCCP(=O)(OCC)OCC. The fraction of sp³-hybridized carbons (Fsp3) is 0.893. The summed E-state index contributed by atoms with van der Waals surface area (Å²) in [6.07, 6.45) is 18.8. The van der Waals surface area contributed by atoms with Crippen LogP contribution in [-0.2, 0) is 23.1 Å². The minimum absolute atomic E-state index is 0.190. The first-order chi connectivity index (χ1) is 16.9. The Morgan fingerprint density at radius 3 is 1.80 bits per heavy atom. The third kappa shape index (κ3) is 22.9. The molecule has 0 heterocycles. The zero-order valence-electron chi connectivity index (χ0n) is 23.1. The third-order valence-corrected chi connectivity index (χ3v) is 9.55. The molecule has 7 heteroatoms. The maximum Gasteiger partial charge on any atom is 0.330 e. The van der Waals surface area contributed by atoms with Crippen molar-refractivity contribution in [3.05, 3.63) is 13.8 Å². The molecule has 0 fully saturated rings. The van der Waals surface area contributed by atoms with Crippen LogP contribution >= 0.6 is 19.4 Å². The number of esters is 1. The molecule has 5 nitrogen and oxygen atoms in total. The van der Waals surface area contributed by atoms with Gasteiger partial charge in [0, 0.05) is 11.7 Å². The fourth-order valence-electron chi connectivity index (χ4n) is 4.12. The van der Waals surface area contributed by atoms with E-state index in [2.05, 4.69) is 20.8 Å². The number of hydrogen-bond acceptors (Lipinski definition) is 6. The van der Waals surface area contributed by atoms with Crippen LogP contribution in [0.25, 0.3) is 0 Å². The fourth-order valence-corrected chi connectivity index (χ4v) is 7.31. The Morgan fingerprint density at radius 1 is 0.771 bits per heavy atom. The summed E-state index contributed by atoms with van der Waals surface area (Å²) in [6, 6.07) is 0. The number of unbranched alkanes of at least 4 members (excludes halogenated alkanes) is 10. The van der Waals surface area contributed by atoms with Crippen LogP contribution in [0.4, 0.5) is 0 Å². The largest absolute Gasteiger partial charge is 0.462 e. The first-order valence-electron chi connectivity index (χ1n) is 14.2. The second kappa shape index (κ2) is 24.3. The Bertz CT molecular complexity index is 519. The number of ether oxygens (including phenoxy) is 1. The van der Waals surface area contributed by atoms with Gasteiger partial charge in [-0.3, -0.25) is 9.36 Å². The summed E-state index contributed by atoms with van der Waals surface area (Å²) in [4.78, 5) is 11.6. The molecule has 0 amide bonds. The van der Waals surface area contributed by atoms with Crippen LogP contribution < -0.4 is 0 Å². The number of rotatable bonds is 26. The van der Waals surface area contributed by atoms with Crippen molar-refractivity contribution >= 4 is 25.3 Å². The molecule has 0 aliphatic rings. The summed E-state index contributed by atoms with van der Waals surface area (Å²) in [6.45, 7) is 14.0. The molecule has 0 aromatic heterocycles. The van der Waals surface area contributed by atoms with Gasteiger partial charge in [0.1, 0.15) is 6.10 Å². The highest BCUT2D eigenvalue weighted by Crippen LogP contribution is 2.48. The molecule has 0 aromatic carbocycles. The van der Waals surface area contributed by atoms with Crippen molar-refractivity contribution in [2.24, 2.45) is 0 Å². The first kappa shape index (κ1) is 35.0. The number of carbonyl (C=O) groups excluding carboxylic acids is 1. The standard InChI is InChI=1S/C28H55O5PS/c1-6-9-10-11-12-14-17-21-27(35-25-20-24-34(30,31-7-2)32-8-3)22-18-15-13-16-19-23-28(29)33-26(4)5/h26-27H,4-25H2,1-3H3. The van der Waals surface area contributed by atoms with Gasteiger partial charge in [-0.2, -0.15) is 11.8 Å². The van der Waals surface area contributed by atoms with Crippen LogP contribution in [0.2, 0.25) is 0 Å². The van der Waals surface area contributed by atoms with Crippen molar-refractivity contribution in [2.75, 3.05) is 25.1 Å². The molecule has 0 aliphatic heterocycles. The predicted molar refractivity (Wildman–Crippen MR) is 152 cm³/mol. The average Bonchev–Trinajstić information content (AvgIpc) is 2.79. The van der Waals surface area contributed by atoms with Crippen LogP contribution in [0.3, 0.4) is 0 Å². The Morgan fingerprint density at radius 2 is 1.29 bits per heavy atom. The van der Waals surface area contributed by atoms with Gasteiger partial charge in [-0.25, -0.2) is 0 Å². The molecule has 0 N–H and O–H groups in total. The maximum atomic E-state index is 12.7. The number of hydrogen-bond donors (Lipinski definition) is 0. The topological polar surface area (TPSA) is 61.8 Å². The third-order valence-electron chi connectivity index (χ3n) is 5.92. The lowest BCUT2D eigenvalue weighted by molar-refractivity contribution is -0.145. The van der Waals surface area contributed by atoms with Gasteiger partial charge in [0.05, 0.1) is 19.4 Å². The van der Waals surface area contributed by atoms with E-state index in [4.69, 9.17) is 13.8 Å². The van der Waals surface area contributed by atoms with Crippen molar-refractivity contribution in [1.29, 1.82) is 0 Å². The van der Waals surface area contributed by atoms with Crippen molar-refractivity contribution in [3.8, 4) is 0 Å². The van der Waals surface area contributed by atoms with Crippen molar-refractivity contribution in [2.45, 2.75) is 135 Å². The van der Waals surface area contributed by atoms with E-state index in [0.717, 1.165) is 31.4 Å². The van der Waals surface area contributed by atoms with Gasteiger partial charge < -0.3 is 13.8 Å². The molecule has 1 unspecified atom stereocenters. The molecule has 0 bridgehead atoms. The molecule has 0 saturated carbocycles. The van der Waals surface area contributed by atoms with Gasteiger partial charge in [0.15, 0.2) is 0 Å². The van der Waals surface area contributed by atoms with Gasteiger partial charge in [0.2, 0.25) is 0 Å². The quantitative estimate of drug-likeness (QED) is 0.0626. The molecule has 1 atom stereocenters. The normalized spacial score (nSPS) is 12.9. The zero-order chi connectivity index (χ0) is 26.2. The summed E-state index contributed by atoms with van der Waals surface area (Å²) in [5, 5.41) is 0.672. The van der Waals surface area contributed by atoms with Gasteiger partial charge in [-0.15, -0.1) is 0 Å². The van der Waals surface area contributed by atoms with Crippen LogP contribution in [0.1, 0.15) is 124 Å². The van der Waals surface area contributed by atoms with Crippen LogP contribution in [0.5, 0.6) is 0 Å². The zero-order valence-corrected chi connectivity index (χ0v) is 24.8. The highest BCUT2D eigenvalue weighted by atomic mass is 32.2. The molecule has 0 saturated heterocycles. The Balaban J connectivity index is 4.24. The molecule has 0 aliphatic carbocycles. The van der Waals surface area contributed by atoms with Crippen molar-refractivity contribution in [1.82, 2.24) is 0 Å².